The summed E-state index contributed by atoms with van der Waals surface area (Å²) in [6.07, 6.45) is 8.11. The van der Waals surface area contributed by atoms with Gasteiger partial charge in [-0.25, -0.2) is 0 Å². The SMILES string of the molecule is C=CCCCCCCCC(O)O. The Morgan fingerprint density at radius 3 is 2.17 bits per heavy atom. The summed E-state index contributed by atoms with van der Waals surface area (Å²) in [7, 11) is 0. The summed E-state index contributed by atoms with van der Waals surface area (Å²) in [5, 5.41) is 17.1. The number of unbranched alkanes of at least 4 members (excludes halogenated alkanes) is 5. The third kappa shape index (κ3) is 9.66. The molecule has 0 aromatic rings. The van der Waals surface area contributed by atoms with E-state index in [4.69, 9.17) is 10.2 Å². The van der Waals surface area contributed by atoms with Gasteiger partial charge in [0.1, 0.15) is 0 Å². The number of rotatable bonds is 8. The Kier molecular flexibility index (Phi) is 8.51. The van der Waals surface area contributed by atoms with Crippen LogP contribution >= 0.6 is 0 Å². The van der Waals surface area contributed by atoms with Crippen LogP contribution in [0.15, 0.2) is 12.7 Å². The van der Waals surface area contributed by atoms with Gasteiger partial charge >= 0.3 is 0 Å². The molecule has 12 heavy (non-hydrogen) atoms. The maximum atomic E-state index is 8.54. The Bertz CT molecular complexity index is 100. The summed E-state index contributed by atoms with van der Waals surface area (Å²) in [6.45, 7) is 3.65. The highest BCUT2D eigenvalue weighted by Crippen LogP contribution is 2.07. The molecule has 0 fully saturated rings. The molecule has 0 heterocycles. The van der Waals surface area contributed by atoms with Crippen LogP contribution in [0.4, 0.5) is 0 Å². The molecule has 0 saturated carbocycles. The highest BCUT2D eigenvalue weighted by atomic mass is 16.5. The van der Waals surface area contributed by atoms with Gasteiger partial charge in [0, 0.05) is 0 Å². The van der Waals surface area contributed by atoms with Crippen LogP contribution in [0.2, 0.25) is 0 Å². The number of allylic oxidation sites excluding steroid dienone is 1. The molecule has 0 bridgehead atoms. The van der Waals surface area contributed by atoms with E-state index in [-0.39, 0.29) is 0 Å². The molecule has 2 heteroatoms. The van der Waals surface area contributed by atoms with Crippen LogP contribution in [0.3, 0.4) is 0 Å². The van der Waals surface area contributed by atoms with Gasteiger partial charge in [0.15, 0.2) is 6.29 Å². The first-order chi connectivity index (χ1) is 5.77. The summed E-state index contributed by atoms with van der Waals surface area (Å²) in [5.74, 6) is 0. The van der Waals surface area contributed by atoms with Crippen molar-refractivity contribution in [2.24, 2.45) is 0 Å². The molecule has 0 spiro atoms. The second-order valence-corrected chi connectivity index (χ2v) is 3.11. The third-order valence-electron chi connectivity index (χ3n) is 1.87. The average Bonchev–Trinajstić information content (AvgIpc) is 2.02. The molecule has 2 N–H and O–H groups in total. The molecule has 0 amide bonds. The van der Waals surface area contributed by atoms with E-state index in [1.165, 1.54) is 19.3 Å². The lowest BCUT2D eigenvalue weighted by atomic mass is 10.1. The van der Waals surface area contributed by atoms with Crippen LogP contribution in [0.25, 0.3) is 0 Å². The van der Waals surface area contributed by atoms with E-state index < -0.39 is 6.29 Å². The van der Waals surface area contributed by atoms with Crippen molar-refractivity contribution in [2.75, 3.05) is 0 Å². The van der Waals surface area contributed by atoms with Crippen LogP contribution in [0.5, 0.6) is 0 Å². The smallest absolute Gasteiger partial charge is 0.151 e. The zero-order valence-corrected chi connectivity index (χ0v) is 7.71. The number of aliphatic hydroxyl groups excluding tert-OH is 1. The first-order valence-electron chi connectivity index (χ1n) is 4.74. The van der Waals surface area contributed by atoms with Crippen LogP contribution in [0, 0.1) is 0 Å². The zero-order valence-electron chi connectivity index (χ0n) is 7.71. The van der Waals surface area contributed by atoms with Gasteiger partial charge in [0.2, 0.25) is 0 Å². The van der Waals surface area contributed by atoms with Crippen molar-refractivity contribution in [3.8, 4) is 0 Å². The Labute approximate surface area is 74.9 Å². The van der Waals surface area contributed by atoms with Crippen molar-refractivity contribution in [2.45, 2.75) is 51.2 Å². The summed E-state index contributed by atoms with van der Waals surface area (Å²) < 4.78 is 0. The largest absolute Gasteiger partial charge is 0.368 e. The number of hydrogen-bond acceptors (Lipinski definition) is 2. The summed E-state index contributed by atoms with van der Waals surface area (Å²) in [5.41, 5.74) is 0. The predicted molar refractivity (Wildman–Crippen MR) is 50.7 cm³/mol. The number of hydrogen-bond donors (Lipinski definition) is 2. The molecular formula is C10H20O2. The first kappa shape index (κ1) is 11.7. The quantitative estimate of drug-likeness (QED) is 0.335. The van der Waals surface area contributed by atoms with Crippen molar-refractivity contribution in [1.29, 1.82) is 0 Å². The molecule has 0 aliphatic carbocycles. The summed E-state index contributed by atoms with van der Waals surface area (Å²) >= 11 is 0. The molecule has 0 radical (unpaired) electrons. The lowest BCUT2D eigenvalue weighted by Gasteiger charge is -2.02. The molecule has 2 nitrogen and oxygen atoms in total. The lowest BCUT2D eigenvalue weighted by Crippen LogP contribution is -2.02. The fourth-order valence-corrected chi connectivity index (χ4v) is 1.15. The second-order valence-electron chi connectivity index (χ2n) is 3.11. The third-order valence-corrected chi connectivity index (χ3v) is 1.87. The van der Waals surface area contributed by atoms with Gasteiger partial charge in [-0.3, -0.25) is 0 Å². The Balaban J connectivity index is 2.86. The van der Waals surface area contributed by atoms with Crippen molar-refractivity contribution in [3.05, 3.63) is 12.7 Å². The highest BCUT2D eigenvalue weighted by molar-refractivity contribution is 4.65. The average molecular weight is 172 g/mol. The topological polar surface area (TPSA) is 40.5 Å². The molecule has 0 aromatic carbocycles. The molecule has 0 rings (SSSR count). The van der Waals surface area contributed by atoms with Crippen LogP contribution in [0.1, 0.15) is 44.9 Å². The fraction of sp³-hybridized carbons (Fsp3) is 0.800. The minimum Gasteiger partial charge on any atom is -0.368 e. The van der Waals surface area contributed by atoms with Gasteiger partial charge in [-0.2, -0.15) is 0 Å². The van der Waals surface area contributed by atoms with E-state index in [1.54, 1.807) is 0 Å². The van der Waals surface area contributed by atoms with E-state index in [0.717, 1.165) is 19.3 Å². The summed E-state index contributed by atoms with van der Waals surface area (Å²) in [6, 6.07) is 0. The minimum atomic E-state index is -1.11. The summed E-state index contributed by atoms with van der Waals surface area (Å²) in [4.78, 5) is 0. The number of aliphatic hydroxyl groups is 2. The first-order valence-corrected chi connectivity index (χ1v) is 4.74. The van der Waals surface area contributed by atoms with Crippen LogP contribution < -0.4 is 0 Å². The van der Waals surface area contributed by atoms with Gasteiger partial charge < -0.3 is 10.2 Å². The van der Waals surface area contributed by atoms with Crippen LogP contribution in [-0.2, 0) is 0 Å². The van der Waals surface area contributed by atoms with Crippen LogP contribution in [-0.4, -0.2) is 16.5 Å². The van der Waals surface area contributed by atoms with E-state index in [9.17, 15) is 0 Å². The minimum absolute atomic E-state index is 0.515. The second kappa shape index (κ2) is 8.75. The Morgan fingerprint density at radius 2 is 1.58 bits per heavy atom. The molecule has 0 aliphatic rings. The molecule has 0 atom stereocenters. The highest BCUT2D eigenvalue weighted by Gasteiger charge is 1.95. The van der Waals surface area contributed by atoms with Gasteiger partial charge in [-0.15, -0.1) is 6.58 Å². The molecule has 0 saturated heterocycles. The van der Waals surface area contributed by atoms with E-state index in [2.05, 4.69) is 6.58 Å². The van der Waals surface area contributed by atoms with Gasteiger partial charge in [0.05, 0.1) is 0 Å². The Hall–Kier alpha value is -0.340. The monoisotopic (exact) mass is 172 g/mol. The lowest BCUT2D eigenvalue weighted by molar-refractivity contribution is -0.0466. The molecule has 0 aromatic heterocycles. The van der Waals surface area contributed by atoms with Crippen molar-refractivity contribution in [3.63, 3.8) is 0 Å². The zero-order chi connectivity index (χ0) is 9.23. The Morgan fingerprint density at radius 1 is 1.00 bits per heavy atom. The predicted octanol–water partition coefficient (Wildman–Crippen LogP) is 2.21. The normalized spacial score (nSPS) is 10.6. The molecule has 0 aliphatic heterocycles. The fourth-order valence-electron chi connectivity index (χ4n) is 1.15. The van der Waals surface area contributed by atoms with Crippen molar-refractivity contribution >= 4 is 0 Å². The van der Waals surface area contributed by atoms with E-state index >= 15 is 0 Å². The molecular weight excluding hydrogens is 152 g/mol. The maximum Gasteiger partial charge on any atom is 0.151 e. The molecule has 0 unspecified atom stereocenters. The van der Waals surface area contributed by atoms with E-state index in [1.807, 2.05) is 6.08 Å². The van der Waals surface area contributed by atoms with Crippen molar-refractivity contribution < 1.29 is 10.2 Å². The maximum absolute atomic E-state index is 8.54. The molecule has 72 valence electrons. The van der Waals surface area contributed by atoms with Crippen molar-refractivity contribution in [1.82, 2.24) is 0 Å². The van der Waals surface area contributed by atoms with Gasteiger partial charge in [0.25, 0.3) is 0 Å². The standard InChI is InChI=1S/C10H20O2/c1-2-3-4-5-6-7-8-9-10(11)12/h2,10-12H,1,3-9H2. The van der Waals surface area contributed by atoms with Gasteiger partial charge in [-0.1, -0.05) is 25.3 Å². The van der Waals surface area contributed by atoms with E-state index in [0.29, 0.717) is 6.42 Å². The van der Waals surface area contributed by atoms with Gasteiger partial charge in [-0.05, 0) is 25.7 Å².